The molecule has 0 atom stereocenters. The topological polar surface area (TPSA) is 69.2 Å². The molecule has 0 aliphatic carbocycles. The average molecular weight is 246 g/mol. The Kier molecular flexibility index (Phi) is 7.65. The predicted molar refractivity (Wildman–Crippen MR) is 25.6 cm³/mol. The first-order valence-corrected chi connectivity index (χ1v) is 4.48. The summed E-state index contributed by atoms with van der Waals surface area (Å²) >= 11 is 2.81. The molecular weight excluding hydrogens is 242 g/mol. The molecule has 6 heteroatoms. The molecule has 3 nitrogen and oxygen atoms in total. The standard InChI is InChI=1S/C2H6BrO3P.Ni/c3-1-2-7(4,5)6;/h1-2H2,(H2,4,5,6);/q;+2/p-2. The molecule has 0 bridgehead atoms. The summed E-state index contributed by atoms with van der Waals surface area (Å²) in [6, 6.07) is 0. The second kappa shape index (κ2) is 5.10. The fraction of sp³-hybridized carbons (Fsp3) is 1.00. The average Bonchev–Trinajstić information content (AvgIpc) is 1.30. The molecule has 0 unspecified atom stereocenters. The molecule has 0 saturated heterocycles. The van der Waals surface area contributed by atoms with Gasteiger partial charge in [-0.05, 0) is 0 Å². The van der Waals surface area contributed by atoms with E-state index < -0.39 is 7.94 Å². The van der Waals surface area contributed by atoms with Crippen LogP contribution in [-0.4, -0.2) is 11.5 Å². The van der Waals surface area contributed by atoms with E-state index in [2.05, 4.69) is 15.9 Å². The van der Waals surface area contributed by atoms with E-state index in [1.807, 2.05) is 0 Å². The molecule has 0 aliphatic heterocycles. The number of rotatable bonds is 2. The number of hydrogen-bond donors (Lipinski definition) is 0. The zero-order valence-corrected chi connectivity index (χ0v) is 7.25. The van der Waals surface area contributed by atoms with E-state index in [4.69, 9.17) is 0 Å². The summed E-state index contributed by atoms with van der Waals surface area (Å²) in [5.41, 5.74) is 0. The maximum absolute atomic E-state index is 9.67. The molecule has 0 N–H and O–H groups in total. The number of halogens is 1. The molecular formula is C2H4BrNiO3P. The van der Waals surface area contributed by atoms with Crippen molar-refractivity contribution in [3.05, 3.63) is 0 Å². The Morgan fingerprint density at radius 3 is 1.62 bits per heavy atom. The molecule has 0 aromatic carbocycles. The fourth-order valence-corrected chi connectivity index (χ4v) is 1.61. The van der Waals surface area contributed by atoms with Crippen LogP contribution in [0.25, 0.3) is 0 Å². The summed E-state index contributed by atoms with van der Waals surface area (Å²) in [5, 5.41) is 0.233. The zero-order chi connectivity index (χ0) is 5.91. The van der Waals surface area contributed by atoms with Crippen molar-refractivity contribution in [2.24, 2.45) is 0 Å². The van der Waals surface area contributed by atoms with Crippen LogP contribution >= 0.6 is 23.9 Å². The number of alkyl halides is 1. The van der Waals surface area contributed by atoms with Crippen LogP contribution in [-0.2, 0) is 16.5 Å². The predicted octanol–water partition coefficient (Wildman–Crippen LogP) is -1.78. The maximum atomic E-state index is 9.67. The van der Waals surface area contributed by atoms with E-state index in [-0.39, 0.29) is 28.0 Å². The van der Waals surface area contributed by atoms with Gasteiger partial charge in [-0.15, -0.1) is 0 Å². The smallest absolute Gasteiger partial charge is 0.688 e. The van der Waals surface area contributed by atoms with Gasteiger partial charge in [0.25, 0.3) is 0 Å². The van der Waals surface area contributed by atoms with Crippen molar-refractivity contribution in [2.45, 2.75) is 0 Å². The molecule has 0 heterocycles. The molecule has 0 rings (SSSR count). The maximum Gasteiger partial charge on any atom is 2.00 e. The van der Waals surface area contributed by atoms with Crippen LogP contribution in [0.5, 0.6) is 0 Å². The van der Waals surface area contributed by atoms with Gasteiger partial charge in [0.15, 0.2) is 0 Å². The van der Waals surface area contributed by atoms with Crippen LogP contribution < -0.4 is 14.7 Å². The summed E-state index contributed by atoms with van der Waals surface area (Å²) in [5.74, 6) is 0. The van der Waals surface area contributed by atoms with Gasteiger partial charge < -0.3 is 14.7 Å². The largest absolute Gasteiger partial charge is 2.00 e. The summed E-state index contributed by atoms with van der Waals surface area (Å²) in [6.07, 6.45) is -0.299. The SMILES string of the molecule is [Ni+2].[O-][P+]([O-])([O-])CCBr. The Labute approximate surface area is 66.7 Å². The van der Waals surface area contributed by atoms with Crippen LogP contribution in [0.15, 0.2) is 0 Å². The van der Waals surface area contributed by atoms with E-state index in [0.717, 1.165) is 0 Å². The molecule has 52 valence electrons. The second-order valence-corrected chi connectivity index (χ2v) is 3.49. The van der Waals surface area contributed by atoms with Gasteiger partial charge in [-0.3, -0.25) is 0 Å². The van der Waals surface area contributed by atoms with E-state index in [1.54, 1.807) is 0 Å². The minimum absolute atomic E-state index is 0. The van der Waals surface area contributed by atoms with Crippen LogP contribution in [0.2, 0.25) is 0 Å². The first-order valence-electron chi connectivity index (χ1n) is 1.63. The summed E-state index contributed by atoms with van der Waals surface area (Å²) in [4.78, 5) is 29.0. The van der Waals surface area contributed by atoms with Gasteiger partial charge in [-0.25, -0.2) is 0 Å². The van der Waals surface area contributed by atoms with Gasteiger partial charge in [0, 0.05) is 5.33 Å². The van der Waals surface area contributed by atoms with Crippen LogP contribution in [0.1, 0.15) is 0 Å². The van der Waals surface area contributed by atoms with Crippen LogP contribution in [0, 0.1) is 0 Å². The molecule has 0 aromatic rings. The first-order chi connectivity index (χ1) is 3.06. The van der Waals surface area contributed by atoms with Crippen LogP contribution in [0.4, 0.5) is 0 Å². The molecule has 0 radical (unpaired) electrons. The molecule has 0 amide bonds. The quantitative estimate of drug-likeness (QED) is 0.328. The van der Waals surface area contributed by atoms with E-state index in [0.29, 0.717) is 0 Å². The third-order valence-corrected chi connectivity index (χ3v) is 2.14. The molecule has 0 saturated carbocycles. The normalized spacial score (nSPS) is 10.5. The van der Waals surface area contributed by atoms with Gasteiger partial charge in [0.05, 0.1) is 6.16 Å². The van der Waals surface area contributed by atoms with Crippen molar-refractivity contribution >= 4 is 23.9 Å². The van der Waals surface area contributed by atoms with E-state index in [1.165, 1.54) is 0 Å². The van der Waals surface area contributed by atoms with Crippen molar-refractivity contribution in [1.82, 2.24) is 0 Å². The van der Waals surface area contributed by atoms with Gasteiger partial charge >= 0.3 is 16.5 Å². The third-order valence-electron chi connectivity index (χ3n) is 0.358. The minimum Gasteiger partial charge on any atom is -0.688 e. The zero-order valence-electron chi connectivity index (χ0n) is 3.78. The van der Waals surface area contributed by atoms with E-state index in [9.17, 15) is 14.7 Å². The molecule has 8 heavy (non-hydrogen) atoms. The number of hydrogen-bond acceptors (Lipinski definition) is 3. The molecule has 0 aliphatic rings. The molecule has 0 fully saturated rings. The van der Waals surface area contributed by atoms with Gasteiger partial charge in [-0.2, -0.15) is 7.94 Å². The molecule has 0 aromatic heterocycles. The monoisotopic (exact) mass is 244 g/mol. The second-order valence-electron chi connectivity index (χ2n) is 1.02. The van der Waals surface area contributed by atoms with Crippen molar-refractivity contribution in [2.75, 3.05) is 11.5 Å². The van der Waals surface area contributed by atoms with Gasteiger partial charge in [0.1, 0.15) is 0 Å². The Morgan fingerprint density at radius 1 is 1.25 bits per heavy atom. The Bertz CT molecular complexity index is 55.7. The Morgan fingerprint density at radius 2 is 1.62 bits per heavy atom. The van der Waals surface area contributed by atoms with Crippen LogP contribution in [0.3, 0.4) is 0 Å². The fourth-order valence-electron chi connectivity index (χ4n) is 0.104. The molecule has 0 spiro atoms. The summed E-state index contributed by atoms with van der Waals surface area (Å²) < 4.78 is 0. The third kappa shape index (κ3) is 10.3. The Hall–Kier alpha value is 1.28. The van der Waals surface area contributed by atoms with Crippen molar-refractivity contribution in [3.8, 4) is 0 Å². The summed E-state index contributed by atoms with van der Waals surface area (Å²) in [7, 11) is -4.21. The van der Waals surface area contributed by atoms with Crippen molar-refractivity contribution in [1.29, 1.82) is 0 Å². The summed E-state index contributed by atoms with van der Waals surface area (Å²) in [6.45, 7) is 0. The van der Waals surface area contributed by atoms with Crippen molar-refractivity contribution < 1.29 is 31.2 Å². The van der Waals surface area contributed by atoms with E-state index >= 15 is 0 Å². The van der Waals surface area contributed by atoms with Gasteiger partial charge in [-0.1, -0.05) is 15.9 Å². The first kappa shape index (κ1) is 12.0. The Balaban J connectivity index is 0. The van der Waals surface area contributed by atoms with Crippen molar-refractivity contribution in [3.63, 3.8) is 0 Å². The minimum atomic E-state index is -4.21. The van der Waals surface area contributed by atoms with Gasteiger partial charge in [0.2, 0.25) is 0 Å².